The highest BCUT2D eigenvalue weighted by Crippen LogP contribution is 2.30. The highest BCUT2D eigenvalue weighted by atomic mass is 79.9. The van der Waals surface area contributed by atoms with Crippen molar-refractivity contribution >= 4 is 45.6 Å². The van der Waals surface area contributed by atoms with Gasteiger partial charge in [0, 0.05) is 30.4 Å². The molecule has 0 atom stereocenters. The van der Waals surface area contributed by atoms with Crippen molar-refractivity contribution in [3.8, 4) is 0 Å². The molecule has 0 radical (unpaired) electrons. The first-order chi connectivity index (χ1) is 15.7. The number of hydrogen-bond acceptors (Lipinski definition) is 6. The van der Waals surface area contributed by atoms with Gasteiger partial charge in [-0.2, -0.15) is 0 Å². The predicted octanol–water partition coefficient (Wildman–Crippen LogP) is 4.84. The largest absolute Gasteiger partial charge is 0.466 e. The van der Waals surface area contributed by atoms with Crippen LogP contribution in [0.25, 0.3) is 0 Å². The number of methoxy groups -OCH3 is 1. The Bertz CT molecular complexity index is 1020. The molecule has 1 aliphatic rings. The summed E-state index contributed by atoms with van der Waals surface area (Å²) in [6.45, 7) is 2.40. The Kier molecular flexibility index (Phi) is 8.37. The maximum absolute atomic E-state index is 12.7. The van der Waals surface area contributed by atoms with Crippen molar-refractivity contribution in [1.82, 2.24) is 4.90 Å². The number of rotatable bonds is 6. The zero-order valence-corrected chi connectivity index (χ0v) is 20.8. The molecular formula is C24H25BrClNO6. The van der Waals surface area contributed by atoms with Crippen LogP contribution in [0.4, 0.5) is 4.79 Å². The molecule has 2 aromatic rings. The fraction of sp³-hybridized carbons (Fsp3) is 0.375. The van der Waals surface area contributed by atoms with Crippen molar-refractivity contribution < 1.29 is 28.6 Å². The Balaban J connectivity index is 1.62. The van der Waals surface area contributed by atoms with Crippen molar-refractivity contribution in [2.45, 2.75) is 38.4 Å². The highest BCUT2D eigenvalue weighted by molar-refractivity contribution is 9.10. The molecule has 0 bridgehead atoms. The number of likely N-dealkylation sites (tertiary alicyclic amines) is 1. The number of ether oxygens (including phenoxy) is 3. The average molecular weight is 539 g/mol. The summed E-state index contributed by atoms with van der Waals surface area (Å²) in [7, 11) is 1.25. The molecule has 1 saturated heterocycles. The van der Waals surface area contributed by atoms with Crippen LogP contribution in [0.2, 0.25) is 5.02 Å². The van der Waals surface area contributed by atoms with Gasteiger partial charge in [0.1, 0.15) is 6.61 Å². The fourth-order valence-corrected chi connectivity index (χ4v) is 4.33. The number of hydrogen-bond donors (Lipinski definition) is 0. The molecule has 7 nitrogen and oxygen atoms in total. The van der Waals surface area contributed by atoms with Gasteiger partial charge in [-0.05, 0) is 51.7 Å². The van der Waals surface area contributed by atoms with E-state index in [0.717, 1.165) is 15.6 Å². The van der Waals surface area contributed by atoms with Gasteiger partial charge in [-0.25, -0.2) is 9.59 Å². The summed E-state index contributed by atoms with van der Waals surface area (Å²) in [6.07, 6.45) is -0.290. The van der Waals surface area contributed by atoms with Crippen molar-refractivity contribution in [2.24, 2.45) is 0 Å². The van der Waals surface area contributed by atoms with Crippen LogP contribution in [0.15, 0.2) is 46.9 Å². The molecule has 0 saturated carbocycles. The van der Waals surface area contributed by atoms with E-state index in [9.17, 15) is 14.4 Å². The molecule has 0 aromatic heterocycles. The topological polar surface area (TPSA) is 82.1 Å². The van der Waals surface area contributed by atoms with Crippen LogP contribution < -0.4 is 0 Å². The van der Waals surface area contributed by atoms with Crippen LogP contribution in [-0.2, 0) is 36.8 Å². The smallest absolute Gasteiger partial charge is 0.410 e. The van der Waals surface area contributed by atoms with E-state index >= 15 is 0 Å². The first kappa shape index (κ1) is 25.1. The number of carbonyl (C=O) groups is 3. The third-order valence-electron chi connectivity index (χ3n) is 5.61. The Hall–Kier alpha value is -2.58. The van der Waals surface area contributed by atoms with Crippen molar-refractivity contribution in [3.05, 3.63) is 68.7 Å². The lowest BCUT2D eigenvalue weighted by Gasteiger charge is -2.38. The number of piperidine rings is 1. The second-order valence-electron chi connectivity index (χ2n) is 7.86. The van der Waals surface area contributed by atoms with E-state index < -0.39 is 23.6 Å². The van der Waals surface area contributed by atoms with Gasteiger partial charge in [-0.3, -0.25) is 4.79 Å². The summed E-state index contributed by atoms with van der Waals surface area (Å²) in [6, 6.07) is 12.9. The van der Waals surface area contributed by atoms with Crippen LogP contribution >= 0.6 is 27.5 Å². The predicted molar refractivity (Wildman–Crippen MR) is 126 cm³/mol. The van der Waals surface area contributed by atoms with Crippen LogP contribution in [0.3, 0.4) is 0 Å². The Morgan fingerprint density at radius 3 is 2.42 bits per heavy atom. The third-order valence-corrected chi connectivity index (χ3v) is 6.81. The summed E-state index contributed by atoms with van der Waals surface area (Å²) < 4.78 is 16.7. The summed E-state index contributed by atoms with van der Waals surface area (Å²) >= 11 is 9.50. The van der Waals surface area contributed by atoms with Gasteiger partial charge in [0.15, 0.2) is 0 Å². The van der Waals surface area contributed by atoms with Crippen molar-refractivity contribution in [2.75, 3.05) is 20.2 Å². The minimum Gasteiger partial charge on any atom is -0.466 e. The molecule has 1 amide bonds. The van der Waals surface area contributed by atoms with Gasteiger partial charge in [-0.15, -0.1) is 0 Å². The molecule has 9 heteroatoms. The fourth-order valence-electron chi connectivity index (χ4n) is 3.68. The molecule has 33 heavy (non-hydrogen) atoms. The summed E-state index contributed by atoms with van der Waals surface area (Å²) in [5.74, 6) is -1.21. The standard InChI is InChI=1S/C24H25BrClNO6/c1-16-12-19(25)20(26)13-18(16)14-21(28)33-24(22(29)31-2)8-10-27(11-9-24)23(30)32-15-17-6-4-3-5-7-17/h3-7,12-13H,8-11,14-15H2,1-2H3. The first-order valence-corrected chi connectivity index (χ1v) is 11.6. The van der Waals surface area contributed by atoms with Gasteiger partial charge < -0.3 is 19.1 Å². The molecule has 0 unspecified atom stereocenters. The molecule has 1 aliphatic heterocycles. The number of halogens is 2. The van der Waals surface area contributed by atoms with E-state index in [1.54, 1.807) is 6.07 Å². The average Bonchev–Trinajstić information content (AvgIpc) is 2.81. The number of amides is 1. The molecule has 176 valence electrons. The van der Waals surface area contributed by atoms with E-state index in [2.05, 4.69) is 15.9 Å². The zero-order valence-electron chi connectivity index (χ0n) is 18.4. The summed E-state index contributed by atoms with van der Waals surface area (Å²) in [5.41, 5.74) is 1.00. The zero-order chi connectivity index (χ0) is 24.0. The van der Waals surface area contributed by atoms with Gasteiger partial charge in [0.25, 0.3) is 0 Å². The molecule has 0 aliphatic carbocycles. The van der Waals surface area contributed by atoms with E-state index in [1.165, 1.54) is 12.0 Å². The number of carbonyl (C=O) groups excluding carboxylic acids is 3. The Morgan fingerprint density at radius 2 is 1.79 bits per heavy atom. The quantitative estimate of drug-likeness (QED) is 0.387. The van der Waals surface area contributed by atoms with Crippen LogP contribution in [0.1, 0.15) is 29.5 Å². The molecule has 1 fully saturated rings. The van der Waals surface area contributed by atoms with E-state index in [-0.39, 0.29) is 39.0 Å². The normalized spacial score (nSPS) is 15.0. The second kappa shape index (κ2) is 11.0. The summed E-state index contributed by atoms with van der Waals surface area (Å²) in [4.78, 5) is 39.2. The minimum absolute atomic E-state index is 0.0413. The molecule has 0 spiro atoms. The lowest BCUT2D eigenvalue weighted by Crippen LogP contribution is -2.54. The second-order valence-corrected chi connectivity index (χ2v) is 9.12. The maximum Gasteiger partial charge on any atom is 0.410 e. The molecule has 0 N–H and O–H groups in total. The number of esters is 2. The van der Waals surface area contributed by atoms with E-state index in [0.29, 0.717) is 10.6 Å². The molecule has 3 rings (SSSR count). The monoisotopic (exact) mass is 537 g/mol. The van der Waals surface area contributed by atoms with Crippen LogP contribution in [-0.4, -0.2) is 48.7 Å². The highest BCUT2D eigenvalue weighted by Gasteiger charge is 2.47. The third kappa shape index (κ3) is 6.26. The Labute approximate surface area is 206 Å². The lowest BCUT2D eigenvalue weighted by molar-refractivity contribution is -0.185. The molecular weight excluding hydrogens is 514 g/mol. The number of benzene rings is 2. The lowest BCUT2D eigenvalue weighted by atomic mass is 9.91. The molecule has 2 aromatic carbocycles. The number of nitrogens with zero attached hydrogens (tertiary/aromatic N) is 1. The van der Waals surface area contributed by atoms with Crippen LogP contribution in [0, 0.1) is 6.92 Å². The maximum atomic E-state index is 12.7. The SMILES string of the molecule is COC(=O)C1(OC(=O)Cc2cc(Cl)c(Br)cc2C)CCN(C(=O)OCc2ccccc2)CC1. The number of aryl methyl sites for hydroxylation is 1. The van der Waals surface area contributed by atoms with Gasteiger partial charge in [0.2, 0.25) is 5.60 Å². The van der Waals surface area contributed by atoms with E-state index in [1.807, 2.05) is 43.3 Å². The van der Waals surface area contributed by atoms with Gasteiger partial charge in [0.05, 0.1) is 18.6 Å². The Morgan fingerprint density at radius 1 is 1.12 bits per heavy atom. The van der Waals surface area contributed by atoms with Crippen molar-refractivity contribution in [3.63, 3.8) is 0 Å². The summed E-state index contributed by atoms with van der Waals surface area (Å²) in [5, 5.41) is 0.480. The van der Waals surface area contributed by atoms with Gasteiger partial charge in [-0.1, -0.05) is 41.9 Å². The van der Waals surface area contributed by atoms with Crippen LogP contribution in [0.5, 0.6) is 0 Å². The van der Waals surface area contributed by atoms with Gasteiger partial charge >= 0.3 is 18.0 Å². The molecule has 1 heterocycles. The minimum atomic E-state index is -1.45. The van der Waals surface area contributed by atoms with E-state index in [4.69, 9.17) is 25.8 Å². The van der Waals surface area contributed by atoms with Crippen molar-refractivity contribution in [1.29, 1.82) is 0 Å². The first-order valence-electron chi connectivity index (χ1n) is 10.4.